The van der Waals surface area contributed by atoms with Crippen LogP contribution in [0.2, 0.25) is 0 Å². The predicted octanol–water partition coefficient (Wildman–Crippen LogP) is 2.57. The second kappa shape index (κ2) is 7.14. The molecule has 1 aliphatic heterocycles. The Labute approximate surface area is 114 Å². The molecule has 0 radical (unpaired) electrons. The highest BCUT2D eigenvalue weighted by atomic mass is 16.5. The molecule has 0 bridgehead atoms. The summed E-state index contributed by atoms with van der Waals surface area (Å²) in [5, 5.41) is 2.84. The van der Waals surface area contributed by atoms with Crippen molar-refractivity contribution in [2.45, 2.75) is 25.8 Å². The summed E-state index contributed by atoms with van der Waals surface area (Å²) in [6.07, 6.45) is 2.18. The van der Waals surface area contributed by atoms with E-state index < -0.39 is 0 Å². The standard InChI is InChI=1S/C15H22N2O2/c1-13(14-7-3-2-4-8-14)16-15(18)19-12-11-17-9-5-6-10-17/h2-4,7-8,13H,5-6,9-12H2,1H3,(H,16,18). The van der Waals surface area contributed by atoms with Gasteiger partial charge < -0.3 is 10.1 Å². The summed E-state index contributed by atoms with van der Waals surface area (Å²) in [6.45, 7) is 5.52. The van der Waals surface area contributed by atoms with Crippen molar-refractivity contribution in [2.75, 3.05) is 26.2 Å². The number of amides is 1. The van der Waals surface area contributed by atoms with Crippen molar-refractivity contribution in [3.05, 3.63) is 35.9 Å². The van der Waals surface area contributed by atoms with Crippen LogP contribution in [0.15, 0.2) is 30.3 Å². The van der Waals surface area contributed by atoms with Crippen LogP contribution in [0, 0.1) is 0 Å². The number of nitrogens with one attached hydrogen (secondary N) is 1. The first kappa shape index (κ1) is 13.9. The van der Waals surface area contributed by atoms with Crippen LogP contribution in [0.5, 0.6) is 0 Å². The van der Waals surface area contributed by atoms with E-state index in [1.807, 2.05) is 37.3 Å². The Morgan fingerprint density at radius 2 is 2.00 bits per heavy atom. The summed E-state index contributed by atoms with van der Waals surface area (Å²) >= 11 is 0. The monoisotopic (exact) mass is 262 g/mol. The van der Waals surface area contributed by atoms with Gasteiger partial charge in [0.1, 0.15) is 6.61 Å². The highest BCUT2D eigenvalue weighted by Gasteiger charge is 2.13. The Morgan fingerprint density at radius 1 is 1.32 bits per heavy atom. The van der Waals surface area contributed by atoms with Crippen LogP contribution in [-0.4, -0.2) is 37.2 Å². The first-order chi connectivity index (χ1) is 9.25. The molecule has 2 rings (SSSR count). The van der Waals surface area contributed by atoms with Crippen molar-refractivity contribution in [1.29, 1.82) is 0 Å². The van der Waals surface area contributed by atoms with E-state index >= 15 is 0 Å². The Balaban J connectivity index is 1.66. The molecule has 1 unspecified atom stereocenters. The maximum absolute atomic E-state index is 11.6. The summed E-state index contributed by atoms with van der Waals surface area (Å²) in [7, 11) is 0. The van der Waals surface area contributed by atoms with Gasteiger partial charge in [-0.2, -0.15) is 0 Å². The van der Waals surface area contributed by atoms with Gasteiger partial charge >= 0.3 is 6.09 Å². The lowest BCUT2D eigenvalue weighted by atomic mass is 10.1. The molecule has 0 saturated carbocycles. The molecular formula is C15H22N2O2. The molecular weight excluding hydrogens is 240 g/mol. The normalized spacial score (nSPS) is 17.1. The van der Waals surface area contributed by atoms with E-state index in [1.165, 1.54) is 12.8 Å². The molecule has 0 spiro atoms. The number of carbonyl (C=O) groups is 1. The lowest BCUT2D eigenvalue weighted by molar-refractivity contribution is 0.129. The molecule has 1 N–H and O–H groups in total. The van der Waals surface area contributed by atoms with Gasteiger partial charge in [-0.1, -0.05) is 30.3 Å². The predicted molar refractivity (Wildman–Crippen MR) is 75.0 cm³/mol. The van der Waals surface area contributed by atoms with Crippen LogP contribution in [0.1, 0.15) is 31.4 Å². The third-order valence-corrected chi connectivity index (χ3v) is 3.47. The second-order valence-electron chi connectivity index (χ2n) is 4.96. The smallest absolute Gasteiger partial charge is 0.407 e. The van der Waals surface area contributed by atoms with Gasteiger partial charge in [-0.15, -0.1) is 0 Å². The van der Waals surface area contributed by atoms with Gasteiger partial charge in [0.2, 0.25) is 0 Å². The van der Waals surface area contributed by atoms with E-state index in [1.54, 1.807) is 0 Å². The zero-order chi connectivity index (χ0) is 13.5. The number of carbonyl (C=O) groups excluding carboxylic acids is 1. The summed E-state index contributed by atoms with van der Waals surface area (Å²) in [4.78, 5) is 14.0. The molecule has 1 fully saturated rings. The van der Waals surface area contributed by atoms with Crippen molar-refractivity contribution in [1.82, 2.24) is 10.2 Å². The molecule has 1 amide bonds. The van der Waals surface area contributed by atoms with E-state index in [0.717, 1.165) is 25.2 Å². The topological polar surface area (TPSA) is 41.6 Å². The third kappa shape index (κ3) is 4.56. The first-order valence-electron chi connectivity index (χ1n) is 6.96. The minimum atomic E-state index is -0.337. The van der Waals surface area contributed by atoms with Crippen LogP contribution in [0.4, 0.5) is 4.79 Å². The fraction of sp³-hybridized carbons (Fsp3) is 0.533. The van der Waals surface area contributed by atoms with Gasteiger partial charge in [0.15, 0.2) is 0 Å². The maximum Gasteiger partial charge on any atom is 0.407 e. The van der Waals surface area contributed by atoms with E-state index in [4.69, 9.17) is 4.74 Å². The lowest BCUT2D eigenvalue weighted by Crippen LogP contribution is -2.31. The van der Waals surface area contributed by atoms with Gasteiger partial charge in [-0.25, -0.2) is 4.79 Å². The maximum atomic E-state index is 11.6. The van der Waals surface area contributed by atoms with Crippen molar-refractivity contribution in [2.24, 2.45) is 0 Å². The lowest BCUT2D eigenvalue weighted by Gasteiger charge is -2.17. The summed E-state index contributed by atoms with van der Waals surface area (Å²) in [5.41, 5.74) is 1.08. The Morgan fingerprint density at radius 3 is 2.68 bits per heavy atom. The summed E-state index contributed by atoms with van der Waals surface area (Å²) < 4.78 is 5.20. The van der Waals surface area contributed by atoms with Gasteiger partial charge in [0.05, 0.1) is 6.04 Å². The van der Waals surface area contributed by atoms with Crippen molar-refractivity contribution < 1.29 is 9.53 Å². The number of nitrogens with zero attached hydrogens (tertiary/aromatic N) is 1. The number of likely N-dealkylation sites (tertiary alicyclic amines) is 1. The molecule has 1 aromatic rings. The van der Waals surface area contributed by atoms with Gasteiger partial charge in [-0.3, -0.25) is 4.90 Å². The fourth-order valence-electron chi connectivity index (χ4n) is 2.32. The molecule has 19 heavy (non-hydrogen) atoms. The average Bonchev–Trinajstić information content (AvgIpc) is 2.93. The molecule has 1 aliphatic rings. The highest BCUT2D eigenvalue weighted by Crippen LogP contribution is 2.11. The largest absolute Gasteiger partial charge is 0.448 e. The second-order valence-corrected chi connectivity index (χ2v) is 4.96. The number of benzene rings is 1. The van der Waals surface area contributed by atoms with Gasteiger partial charge in [0.25, 0.3) is 0 Å². The molecule has 1 atom stereocenters. The van der Waals surface area contributed by atoms with Crippen molar-refractivity contribution in [3.8, 4) is 0 Å². The van der Waals surface area contributed by atoms with E-state index in [9.17, 15) is 4.79 Å². The highest BCUT2D eigenvalue weighted by molar-refractivity contribution is 5.67. The zero-order valence-electron chi connectivity index (χ0n) is 11.5. The number of alkyl carbamates (subject to hydrolysis) is 1. The molecule has 4 nitrogen and oxygen atoms in total. The summed E-state index contributed by atoms with van der Waals surface area (Å²) in [6, 6.07) is 9.85. The fourth-order valence-corrected chi connectivity index (χ4v) is 2.32. The Hall–Kier alpha value is -1.55. The molecule has 0 aromatic heterocycles. The van der Waals surface area contributed by atoms with Crippen LogP contribution in [0.3, 0.4) is 0 Å². The molecule has 104 valence electrons. The third-order valence-electron chi connectivity index (χ3n) is 3.47. The van der Waals surface area contributed by atoms with Gasteiger partial charge in [-0.05, 0) is 38.4 Å². The molecule has 4 heteroatoms. The molecule has 1 saturated heterocycles. The van der Waals surface area contributed by atoms with E-state index in [0.29, 0.717) is 6.61 Å². The minimum absolute atomic E-state index is 0.0273. The van der Waals surface area contributed by atoms with Crippen molar-refractivity contribution >= 4 is 6.09 Å². The van der Waals surface area contributed by atoms with Crippen LogP contribution >= 0.6 is 0 Å². The number of hydrogen-bond donors (Lipinski definition) is 1. The average molecular weight is 262 g/mol. The minimum Gasteiger partial charge on any atom is -0.448 e. The summed E-state index contributed by atoms with van der Waals surface area (Å²) in [5.74, 6) is 0. The molecule has 1 aromatic carbocycles. The van der Waals surface area contributed by atoms with Crippen LogP contribution in [0.25, 0.3) is 0 Å². The van der Waals surface area contributed by atoms with E-state index in [2.05, 4.69) is 10.2 Å². The number of ether oxygens (including phenoxy) is 1. The SMILES string of the molecule is CC(NC(=O)OCCN1CCCC1)c1ccccc1. The Bertz CT molecular complexity index is 388. The first-order valence-corrected chi connectivity index (χ1v) is 6.96. The van der Waals surface area contributed by atoms with Crippen LogP contribution in [-0.2, 0) is 4.74 Å². The Kier molecular flexibility index (Phi) is 5.21. The van der Waals surface area contributed by atoms with E-state index in [-0.39, 0.29) is 12.1 Å². The number of rotatable bonds is 5. The van der Waals surface area contributed by atoms with Crippen LogP contribution < -0.4 is 5.32 Å². The molecule has 0 aliphatic carbocycles. The number of hydrogen-bond acceptors (Lipinski definition) is 3. The zero-order valence-corrected chi connectivity index (χ0v) is 11.5. The quantitative estimate of drug-likeness (QED) is 0.886. The van der Waals surface area contributed by atoms with Gasteiger partial charge in [0, 0.05) is 6.54 Å². The van der Waals surface area contributed by atoms with Crippen molar-refractivity contribution in [3.63, 3.8) is 0 Å². The molecule has 1 heterocycles.